The molecule has 0 bridgehead atoms. The summed E-state index contributed by atoms with van der Waals surface area (Å²) < 4.78 is 38.8. The topological polar surface area (TPSA) is 69.0 Å². The molecule has 1 N–H and O–H groups in total. The number of benzene rings is 1. The van der Waals surface area contributed by atoms with E-state index in [1.165, 1.54) is 11.0 Å². The van der Waals surface area contributed by atoms with Crippen LogP contribution in [-0.4, -0.2) is 22.8 Å². The third kappa shape index (κ3) is 3.56. The number of pyridine rings is 1. The Morgan fingerprint density at radius 3 is 2.59 bits per heavy atom. The van der Waals surface area contributed by atoms with Gasteiger partial charge in [-0.2, -0.15) is 18.4 Å². The molecule has 0 saturated carbocycles. The molecule has 1 fully saturated rings. The van der Waals surface area contributed by atoms with Gasteiger partial charge in [-0.1, -0.05) is 12.1 Å². The lowest BCUT2D eigenvalue weighted by atomic mass is 9.74. The van der Waals surface area contributed by atoms with Gasteiger partial charge in [0.05, 0.1) is 28.4 Å². The molecule has 1 aliphatic rings. The number of hydrogen-bond acceptors (Lipinski definition) is 4. The molecule has 0 radical (unpaired) electrons. The monoisotopic (exact) mass is 400 g/mol. The molecule has 1 saturated heterocycles. The number of rotatable bonds is 2. The Morgan fingerprint density at radius 1 is 1.31 bits per heavy atom. The summed E-state index contributed by atoms with van der Waals surface area (Å²) >= 11 is 0. The van der Waals surface area contributed by atoms with Crippen molar-refractivity contribution < 1.29 is 18.0 Å². The number of nitrogens with zero attached hydrogens (tertiary/aromatic N) is 3. The minimum absolute atomic E-state index is 0.211. The smallest absolute Gasteiger partial charge is 0.361 e. The van der Waals surface area contributed by atoms with E-state index in [9.17, 15) is 23.2 Å². The highest BCUT2D eigenvalue weighted by Gasteiger charge is 2.49. The molecule has 1 aromatic carbocycles. The summed E-state index contributed by atoms with van der Waals surface area (Å²) in [6.07, 6.45) is -2.04. The summed E-state index contributed by atoms with van der Waals surface area (Å²) in [7, 11) is 1.59. The molecule has 2 atom stereocenters. The van der Waals surface area contributed by atoms with Crippen LogP contribution in [0.3, 0.4) is 0 Å². The van der Waals surface area contributed by atoms with Gasteiger partial charge >= 0.3 is 6.18 Å². The number of nitrogens with one attached hydrogen (secondary N) is 1. The summed E-state index contributed by atoms with van der Waals surface area (Å²) in [5.41, 5.74) is -0.622. The summed E-state index contributed by atoms with van der Waals surface area (Å²) in [5.74, 6) is -0.649. The van der Waals surface area contributed by atoms with Crippen molar-refractivity contribution in [3.05, 3.63) is 76.9 Å². The van der Waals surface area contributed by atoms with Gasteiger partial charge in [0.15, 0.2) is 0 Å². The normalized spacial score (nSPS) is 23.6. The lowest BCUT2D eigenvalue weighted by molar-refractivity contribution is -0.137. The van der Waals surface area contributed by atoms with Gasteiger partial charge in [-0.3, -0.25) is 9.78 Å². The first-order chi connectivity index (χ1) is 13.6. The molecule has 150 valence electrons. The van der Waals surface area contributed by atoms with Gasteiger partial charge in [-0.25, -0.2) is 0 Å². The second kappa shape index (κ2) is 7.24. The summed E-state index contributed by atoms with van der Waals surface area (Å²) in [4.78, 5) is 18.6. The Labute approximate surface area is 166 Å². The van der Waals surface area contributed by atoms with E-state index in [1.54, 1.807) is 51.2 Å². The van der Waals surface area contributed by atoms with Crippen molar-refractivity contribution in [2.75, 3.05) is 7.05 Å². The van der Waals surface area contributed by atoms with E-state index in [4.69, 9.17) is 0 Å². The standard InChI is InChI=1S/C21H19F3N4O/c1-4-17-27-20(2,14-7-5-6-13(10-14)11-25)18(19(29)28(17)3)16-9-8-15(12-26-16)21(22,23)24/h4-10,12,18,27H,1-3H3/b17-4-/t18-,20+/m0/s1. The van der Waals surface area contributed by atoms with E-state index in [0.717, 1.165) is 12.3 Å². The van der Waals surface area contributed by atoms with Crippen molar-refractivity contribution in [2.24, 2.45) is 0 Å². The van der Waals surface area contributed by atoms with E-state index in [1.807, 2.05) is 0 Å². The van der Waals surface area contributed by atoms with Gasteiger partial charge in [0, 0.05) is 13.2 Å². The van der Waals surface area contributed by atoms with Gasteiger partial charge in [0.2, 0.25) is 5.91 Å². The maximum atomic E-state index is 13.2. The summed E-state index contributed by atoms with van der Waals surface area (Å²) in [6.45, 7) is 3.55. The molecular weight excluding hydrogens is 381 g/mol. The van der Waals surface area contributed by atoms with Gasteiger partial charge in [-0.15, -0.1) is 0 Å². The Morgan fingerprint density at radius 2 is 2.03 bits per heavy atom. The van der Waals surface area contributed by atoms with Gasteiger partial charge in [0.1, 0.15) is 11.7 Å². The highest BCUT2D eigenvalue weighted by atomic mass is 19.4. The molecule has 0 unspecified atom stereocenters. The highest BCUT2D eigenvalue weighted by molar-refractivity contribution is 5.87. The molecule has 2 aromatic rings. The van der Waals surface area contributed by atoms with Crippen molar-refractivity contribution in [3.8, 4) is 6.07 Å². The number of allylic oxidation sites excluding steroid dienone is 1. The average Bonchev–Trinajstić information content (AvgIpc) is 2.70. The number of amides is 1. The lowest BCUT2D eigenvalue weighted by Gasteiger charge is -2.46. The van der Waals surface area contributed by atoms with Gasteiger partial charge in [-0.05, 0) is 49.8 Å². The third-order valence-corrected chi connectivity index (χ3v) is 5.18. The number of hydrogen-bond donors (Lipinski definition) is 1. The van der Waals surface area contributed by atoms with E-state index < -0.39 is 23.2 Å². The first-order valence-electron chi connectivity index (χ1n) is 8.87. The number of aromatic nitrogens is 1. The number of carbonyl (C=O) groups excluding carboxylic acids is 1. The van der Waals surface area contributed by atoms with Crippen LogP contribution in [0.4, 0.5) is 13.2 Å². The highest BCUT2D eigenvalue weighted by Crippen LogP contribution is 2.42. The summed E-state index contributed by atoms with van der Waals surface area (Å²) in [5, 5.41) is 12.6. The first kappa shape index (κ1) is 20.4. The molecule has 0 spiro atoms. The number of likely N-dealkylation sites (N-methyl/N-ethyl adjacent to an activating group) is 1. The Hall–Kier alpha value is -3.34. The maximum Gasteiger partial charge on any atom is 0.417 e. The Kier molecular flexibility index (Phi) is 5.09. The molecule has 1 amide bonds. The van der Waals surface area contributed by atoms with Crippen LogP contribution in [0.2, 0.25) is 0 Å². The van der Waals surface area contributed by atoms with Crippen LogP contribution in [0.5, 0.6) is 0 Å². The average molecular weight is 400 g/mol. The van der Waals surface area contributed by atoms with E-state index in [2.05, 4.69) is 16.4 Å². The molecule has 8 heteroatoms. The van der Waals surface area contributed by atoms with Crippen LogP contribution >= 0.6 is 0 Å². The van der Waals surface area contributed by atoms with Gasteiger partial charge in [0.25, 0.3) is 0 Å². The van der Waals surface area contributed by atoms with Crippen molar-refractivity contribution in [1.82, 2.24) is 15.2 Å². The number of carbonyl (C=O) groups is 1. The zero-order valence-corrected chi connectivity index (χ0v) is 16.1. The Bertz CT molecular complexity index is 1010. The second-order valence-corrected chi connectivity index (χ2v) is 6.99. The fraction of sp³-hybridized carbons (Fsp3) is 0.286. The third-order valence-electron chi connectivity index (χ3n) is 5.18. The molecule has 5 nitrogen and oxygen atoms in total. The fourth-order valence-electron chi connectivity index (χ4n) is 3.56. The van der Waals surface area contributed by atoms with Crippen LogP contribution in [0.15, 0.2) is 54.5 Å². The van der Waals surface area contributed by atoms with Crippen molar-refractivity contribution >= 4 is 5.91 Å². The largest absolute Gasteiger partial charge is 0.417 e. The van der Waals surface area contributed by atoms with Crippen molar-refractivity contribution in [3.63, 3.8) is 0 Å². The minimum atomic E-state index is -4.51. The fourth-order valence-corrected chi connectivity index (χ4v) is 3.56. The molecule has 3 rings (SSSR count). The SMILES string of the molecule is C/C=C1/N[C@](C)(c2cccc(C#N)c2)[C@@H](c2ccc(C(F)(F)F)cn2)C(=O)N1C. The number of alkyl halides is 3. The van der Waals surface area contributed by atoms with Crippen LogP contribution in [-0.2, 0) is 16.5 Å². The molecule has 0 aliphatic carbocycles. The lowest BCUT2D eigenvalue weighted by Crippen LogP contribution is -2.58. The van der Waals surface area contributed by atoms with E-state index in [-0.39, 0.29) is 11.6 Å². The van der Waals surface area contributed by atoms with Crippen LogP contribution in [0.1, 0.15) is 42.1 Å². The predicted octanol–water partition coefficient (Wildman–Crippen LogP) is 3.89. The first-order valence-corrected chi connectivity index (χ1v) is 8.87. The molecule has 1 aliphatic heterocycles. The molecule has 1 aromatic heterocycles. The van der Waals surface area contributed by atoms with E-state index >= 15 is 0 Å². The zero-order chi connectivity index (χ0) is 21.4. The maximum absolute atomic E-state index is 13.2. The second-order valence-electron chi connectivity index (χ2n) is 6.99. The van der Waals surface area contributed by atoms with E-state index in [0.29, 0.717) is 16.9 Å². The van der Waals surface area contributed by atoms with Crippen LogP contribution in [0, 0.1) is 11.3 Å². The predicted molar refractivity (Wildman–Crippen MR) is 100 cm³/mol. The quantitative estimate of drug-likeness (QED) is 0.830. The van der Waals surface area contributed by atoms with Crippen molar-refractivity contribution in [1.29, 1.82) is 5.26 Å². The molecule has 2 heterocycles. The Balaban J connectivity index is 2.17. The molecular formula is C21H19F3N4O. The number of nitriles is 1. The van der Waals surface area contributed by atoms with Crippen molar-refractivity contribution in [2.45, 2.75) is 31.5 Å². The number of halogens is 3. The molecule has 29 heavy (non-hydrogen) atoms. The van der Waals surface area contributed by atoms with Crippen LogP contribution < -0.4 is 5.32 Å². The van der Waals surface area contributed by atoms with Gasteiger partial charge < -0.3 is 10.2 Å². The zero-order valence-electron chi connectivity index (χ0n) is 16.1. The minimum Gasteiger partial charge on any atom is -0.361 e. The van der Waals surface area contributed by atoms with Crippen LogP contribution in [0.25, 0.3) is 0 Å². The summed E-state index contributed by atoms with van der Waals surface area (Å²) in [6, 6.07) is 11.0.